The van der Waals surface area contributed by atoms with Gasteiger partial charge in [-0.25, -0.2) is 4.98 Å². The molecule has 0 saturated carbocycles. The summed E-state index contributed by atoms with van der Waals surface area (Å²) in [6, 6.07) is 7.56. The van der Waals surface area contributed by atoms with Crippen molar-refractivity contribution in [3.63, 3.8) is 0 Å². The monoisotopic (exact) mass is 381 g/mol. The molecule has 2 heterocycles. The average molecular weight is 381 g/mol. The van der Waals surface area contributed by atoms with Gasteiger partial charge < -0.3 is 16.0 Å². The predicted molar refractivity (Wildman–Crippen MR) is 108 cm³/mol. The molecule has 3 rings (SSSR count). The summed E-state index contributed by atoms with van der Waals surface area (Å²) in [5.74, 6) is 0.416. The van der Waals surface area contributed by atoms with Crippen LogP contribution in [0.4, 0.5) is 5.95 Å². The molecule has 2 aromatic heterocycles. The molecule has 0 bridgehead atoms. The Morgan fingerprint density at radius 2 is 2.04 bits per heavy atom. The Balaban J connectivity index is 1.32. The molecular formula is C20H27N7O. The molecule has 1 amide bonds. The number of aromatic amines is 1. The molecule has 0 saturated heterocycles. The fourth-order valence-electron chi connectivity index (χ4n) is 3.07. The fourth-order valence-corrected chi connectivity index (χ4v) is 3.07. The zero-order valence-electron chi connectivity index (χ0n) is 16.2. The summed E-state index contributed by atoms with van der Waals surface area (Å²) in [7, 11) is 0. The Hall–Kier alpha value is -3.16. The molecule has 8 heteroatoms. The van der Waals surface area contributed by atoms with E-state index in [4.69, 9.17) is 5.73 Å². The lowest BCUT2D eigenvalue weighted by molar-refractivity contribution is 0.0951. The predicted octanol–water partition coefficient (Wildman–Crippen LogP) is 2.28. The summed E-state index contributed by atoms with van der Waals surface area (Å²) >= 11 is 0. The number of aryl methyl sites for hydroxylation is 3. The number of nitrogen functional groups attached to an aromatic ring is 1. The summed E-state index contributed by atoms with van der Waals surface area (Å²) < 4.78 is 1.78. The molecule has 28 heavy (non-hydrogen) atoms. The van der Waals surface area contributed by atoms with Crippen molar-refractivity contribution in [3.8, 4) is 0 Å². The second-order valence-corrected chi connectivity index (χ2v) is 6.90. The van der Waals surface area contributed by atoms with E-state index in [1.807, 2.05) is 37.4 Å². The Kier molecular flexibility index (Phi) is 6.78. The van der Waals surface area contributed by atoms with E-state index in [1.54, 1.807) is 10.9 Å². The Morgan fingerprint density at radius 1 is 1.21 bits per heavy atom. The molecule has 3 aromatic rings. The molecule has 0 aliphatic rings. The summed E-state index contributed by atoms with van der Waals surface area (Å²) in [4.78, 5) is 19.2. The van der Waals surface area contributed by atoms with Crippen molar-refractivity contribution in [2.75, 3.05) is 12.3 Å². The van der Waals surface area contributed by atoms with E-state index in [0.29, 0.717) is 24.6 Å². The molecule has 148 valence electrons. The molecular weight excluding hydrogens is 354 g/mol. The molecule has 0 radical (unpaired) electrons. The van der Waals surface area contributed by atoms with Crippen LogP contribution in [0.15, 0.2) is 36.7 Å². The smallest absolute Gasteiger partial charge is 0.251 e. The first-order valence-corrected chi connectivity index (χ1v) is 9.64. The van der Waals surface area contributed by atoms with E-state index in [0.717, 1.165) is 49.1 Å². The van der Waals surface area contributed by atoms with Gasteiger partial charge in [-0.2, -0.15) is 0 Å². The third-order valence-corrected chi connectivity index (χ3v) is 4.63. The number of amides is 1. The van der Waals surface area contributed by atoms with Crippen LogP contribution in [0.5, 0.6) is 0 Å². The quantitative estimate of drug-likeness (QED) is 0.466. The number of hydrogen-bond acceptors (Lipinski definition) is 5. The van der Waals surface area contributed by atoms with E-state index in [2.05, 4.69) is 25.6 Å². The van der Waals surface area contributed by atoms with Crippen molar-refractivity contribution in [2.45, 2.75) is 45.6 Å². The van der Waals surface area contributed by atoms with E-state index in [1.165, 1.54) is 0 Å². The van der Waals surface area contributed by atoms with Crippen molar-refractivity contribution >= 4 is 11.9 Å². The number of benzene rings is 1. The van der Waals surface area contributed by atoms with Gasteiger partial charge >= 0.3 is 0 Å². The topological polar surface area (TPSA) is 115 Å². The van der Waals surface area contributed by atoms with Crippen LogP contribution < -0.4 is 11.1 Å². The first-order chi connectivity index (χ1) is 13.6. The largest absolute Gasteiger partial charge is 0.369 e. The van der Waals surface area contributed by atoms with Gasteiger partial charge in [0, 0.05) is 24.0 Å². The molecule has 0 fully saturated rings. The van der Waals surface area contributed by atoms with Crippen molar-refractivity contribution in [3.05, 3.63) is 59.2 Å². The number of nitrogens with one attached hydrogen (secondary N) is 2. The van der Waals surface area contributed by atoms with Crippen molar-refractivity contribution in [2.24, 2.45) is 0 Å². The average Bonchev–Trinajstić information content (AvgIpc) is 3.30. The highest BCUT2D eigenvalue weighted by Gasteiger charge is 2.07. The Morgan fingerprint density at radius 3 is 2.82 bits per heavy atom. The van der Waals surface area contributed by atoms with Crippen LogP contribution >= 0.6 is 0 Å². The van der Waals surface area contributed by atoms with E-state index >= 15 is 0 Å². The minimum Gasteiger partial charge on any atom is -0.369 e. The number of H-pyrrole nitrogens is 1. The molecule has 0 unspecified atom stereocenters. The van der Waals surface area contributed by atoms with Crippen LogP contribution in [0.1, 0.15) is 46.6 Å². The Bertz CT molecular complexity index is 899. The van der Waals surface area contributed by atoms with Crippen molar-refractivity contribution in [1.82, 2.24) is 30.3 Å². The van der Waals surface area contributed by atoms with Gasteiger partial charge in [0.05, 0.1) is 18.4 Å². The first-order valence-electron chi connectivity index (χ1n) is 9.64. The second-order valence-electron chi connectivity index (χ2n) is 6.90. The van der Waals surface area contributed by atoms with Crippen LogP contribution in [0.3, 0.4) is 0 Å². The number of nitrogens with zero attached hydrogens (tertiary/aromatic N) is 4. The number of hydrogen-bond donors (Lipinski definition) is 3. The van der Waals surface area contributed by atoms with Crippen LogP contribution in [0.25, 0.3) is 0 Å². The first kappa shape index (κ1) is 19.6. The summed E-state index contributed by atoms with van der Waals surface area (Å²) in [5, 5.41) is 11.3. The third kappa shape index (κ3) is 5.67. The van der Waals surface area contributed by atoms with Crippen LogP contribution in [0.2, 0.25) is 0 Å². The number of aromatic nitrogens is 5. The van der Waals surface area contributed by atoms with Gasteiger partial charge in [0.15, 0.2) is 5.95 Å². The maximum absolute atomic E-state index is 12.2. The number of anilines is 1. The lowest BCUT2D eigenvalue weighted by Gasteiger charge is -2.07. The zero-order valence-corrected chi connectivity index (χ0v) is 16.2. The molecule has 0 aliphatic heterocycles. The normalized spacial score (nSPS) is 10.9. The lowest BCUT2D eigenvalue weighted by Crippen LogP contribution is -2.27. The zero-order chi connectivity index (χ0) is 19.8. The van der Waals surface area contributed by atoms with Crippen LogP contribution in [0, 0.1) is 6.92 Å². The van der Waals surface area contributed by atoms with Crippen molar-refractivity contribution in [1.29, 1.82) is 0 Å². The van der Waals surface area contributed by atoms with Crippen LogP contribution in [-0.2, 0) is 19.4 Å². The SMILES string of the molecule is Cc1ccccc1C(=O)NCCn1cc(CCCCCc2cnc(N)[nH]2)nn1. The number of imidazole rings is 1. The number of carbonyl (C=O) groups excluding carboxylic acids is 1. The molecule has 1 aromatic carbocycles. The van der Waals surface area contributed by atoms with Crippen LogP contribution in [-0.4, -0.2) is 37.4 Å². The molecule has 0 spiro atoms. The summed E-state index contributed by atoms with van der Waals surface area (Å²) in [6.07, 6.45) is 8.86. The molecule has 4 N–H and O–H groups in total. The van der Waals surface area contributed by atoms with E-state index < -0.39 is 0 Å². The van der Waals surface area contributed by atoms with E-state index in [-0.39, 0.29) is 5.91 Å². The van der Waals surface area contributed by atoms with Gasteiger partial charge in [0.1, 0.15) is 0 Å². The van der Waals surface area contributed by atoms with Gasteiger partial charge in [-0.15, -0.1) is 5.10 Å². The fraction of sp³-hybridized carbons (Fsp3) is 0.400. The molecule has 8 nitrogen and oxygen atoms in total. The highest BCUT2D eigenvalue weighted by atomic mass is 16.1. The maximum atomic E-state index is 12.2. The minimum atomic E-state index is -0.0579. The van der Waals surface area contributed by atoms with Gasteiger partial charge in [0.25, 0.3) is 5.91 Å². The number of carbonyl (C=O) groups is 1. The molecule has 0 atom stereocenters. The highest BCUT2D eigenvalue weighted by molar-refractivity contribution is 5.95. The number of rotatable bonds is 10. The Labute approximate surface area is 164 Å². The standard InChI is InChI=1S/C20H27N7O/c1-15-7-5-6-10-18(15)19(28)22-11-12-27-14-17(25-26-27)9-4-2-3-8-16-13-23-20(21)24-16/h5-7,10,13-14H,2-4,8-9,11-12H2,1H3,(H,22,28)(H3,21,23,24). The molecule has 0 aliphatic carbocycles. The lowest BCUT2D eigenvalue weighted by atomic mass is 10.1. The minimum absolute atomic E-state index is 0.0579. The maximum Gasteiger partial charge on any atom is 0.251 e. The summed E-state index contributed by atoms with van der Waals surface area (Å²) in [5.41, 5.74) is 9.31. The number of unbranched alkanes of at least 4 members (excludes halogenated alkanes) is 2. The van der Waals surface area contributed by atoms with Gasteiger partial charge in [-0.3, -0.25) is 9.48 Å². The van der Waals surface area contributed by atoms with E-state index in [9.17, 15) is 4.79 Å². The van der Waals surface area contributed by atoms with Gasteiger partial charge in [-0.05, 0) is 44.2 Å². The van der Waals surface area contributed by atoms with Gasteiger partial charge in [-0.1, -0.05) is 29.8 Å². The highest BCUT2D eigenvalue weighted by Crippen LogP contribution is 2.08. The van der Waals surface area contributed by atoms with Gasteiger partial charge in [0.2, 0.25) is 0 Å². The second kappa shape index (κ2) is 9.68. The third-order valence-electron chi connectivity index (χ3n) is 4.63. The summed E-state index contributed by atoms with van der Waals surface area (Å²) in [6.45, 7) is 3.05. The van der Waals surface area contributed by atoms with Crippen molar-refractivity contribution < 1.29 is 4.79 Å². The number of nitrogens with two attached hydrogens (primary N) is 1.